The van der Waals surface area contributed by atoms with Gasteiger partial charge in [0.1, 0.15) is 11.6 Å². The predicted octanol–water partition coefficient (Wildman–Crippen LogP) is 2.62. The van der Waals surface area contributed by atoms with Crippen LogP contribution in [0.25, 0.3) is 11.1 Å². The number of carbonyl (C=O) groups is 1. The van der Waals surface area contributed by atoms with E-state index in [-0.39, 0.29) is 23.2 Å². The van der Waals surface area contributed by atoms with Crippen LogP contribution in [0.15, 0.2) is 65.6 Å². The lowest BCUT2D eigenvalue weighted by molar-refractivity contribution is 0.0952. The van der Waals surface area contributed by atoms with E-state index in [1.54, 1.807) is 30.5 Å². The Hall–Kier alpha value is -3.87. The smallest absolute Gasteiger partial charge is 0.251 e. The fourth-order valence-electron chi connectivity index (χ4n) is 3.55. The molecule has 2 aromatic carbocycles. The molecule has 2 heterocycles. The Morgan fingerprint density at radius 3 is 2.53 bits per heavy atom. The maximum absolute atomic E-state index is 12.5. The molecule has 1 aliphatic rings. The van der Waals surface area contributed by atoms with Gasteiger partial charge in [0.15, 0.2) is 0 Å². The number of nitrogens with one attached hydrogen (secondary N) is 3. The number of hydrogen-bond acceptors (Lipinski definition) is 4. The minimum atomic E-state index is -0.150. The van der Waals surface area contributed by atoms with E-state index in [2.05, 4.69) is 10.3 Å². The first-order valence-electron chi connectivity index (χ1n) is 9.70. The number of H-pyrrole nitrogens is 1. The van der Waals surface area contributed by atoms with Gasteiger partial charge < -0.3 is 20.8 Å². The van der Waals surface area contributed by atoms with Crippen molar-refractivity contribution >= 4 is 11.7 Å². The van der Waals surface area contributed by atoms with Gasteiger partial charge in [-0.2, -0.15) is 0 Å². The van der Waals surface area contributed by atoms with Crippen molar-refractivity contribution in [3.8, 4) is 16.9 Å². The summed E-state index contributed by atoms with van der Waals surface area (Å²) >= 11 is 0. The molecule has 7 nitrogen and oxygen atoms in total. The van der Waals surface area contributed by atoms with Gasteiger partial charge in [0, 0.05) is 41.4 Å². The van der Waals surface area contributed by atoms with Crippen molar-refractivity contribution < 1.29 is 9.53 Å². The van der Waals surface area contributed by atoms with Crippen LogP contribution in [0.5, 0.6) is 5.75 Å². The Balaban J connectivity index is 1.35. The molecule has 0 spiro atoms. The molecule has 0 saturated carbocycles. The van der Waals surface area contributed by atoms with Crippen LogP contribution in [-0.2, 0) is 0 Å². The Morgan fingerprint density at radius 1 is 1.10 bits per heavy atom. The number of benzene rings is 2. The fraction of sp³-hybridized carbons (Fsp3) is 0.174. The topological polar surface area (TPSA) is 121 Å². The Bertz CT molecular complexity index is 1130. The molecule has 30 heavy (non-hydrogen) atoms. The summed E-state index contributed by atoms with van der Waals surface area (Å²) in [7, 11) is 0. The third-order valence-corrected chi connectivity index (χ3v) is 5.24. The zero-order chi connectivity index (χ0) is 21.1. The number of aromatic amines is 1. The first-order chi connectivity index (χ1) is 14.5. The van der Waals surface area contributed by atoms with Gasteiger partial charge in [-0.3, -0.25) is 15.0 Å². The number of fused-ring (bicyclic) bond motifs is 1. The summed E-state index contributed by atoms with van der Waals surface area (Å²) in [6.07, 6.45) is 2.38. The van der Waals surface area contributed by atoms with E-state index in [0.29, 0.717) is 24.3 Å². The van der Waals surface area contributed by atoms with Crippen LogP contribution in [0.3, 0.4) is 0 Å². The average Bonchev–Trinajstić information content (AvgIpc) is 3.16. The van der Waals surface area contributed by atoms with E-state index in [9.17, 15) is 9.59 Å². The highest BCUT2D eigenvalue weighted by Crippen LogP contribution is 2.36. The van der Waals surface area contributed by atoms with Gasteiger partial charge >= 0.3 is 0 Å². The minimum absolute atomic E-state index is 0.0297. The second-order valence-corrected chi connectivity index (χ2v) is 7.24. The van der Waals surface area contributed by atoms with Gasteiger partial charge in [-0.1, -0.05) is 12.1 Å². The number of pyridine rings is 1. The first kappa shape index (κ1) is 19.4. The molecule has 1 atom stereocenters. The number of amidine groups is 1. The molecule has 0 saturated heterocycles. The zero-order valence-corrected chi connectivity index (χ0v) is 16.3. The summed E-state index contributed by atoms with van der Waals surface area (Å²) in [6.45, 7) is 1.07. The third kappa shape index (κ3) is 4.10. The molecule has 0 aliphatic carbocycles. The molecule has 4 rings (SSSR count). The monoisotopic (exact) mass is 402 g/mol. The van der Waals surface area contributed by atoms with E-state index in [0.717, 1.165) is 28.9 Å². The van der Waals surface area contributed by atoms with Crippen LogP contribution in [0, 0.1) is 5.41 Å². The summed E-state index contributed by atoms with van der Waals surface area (Å²) in [5, 5.41) is 10.5. The highest BCUT2D eigenvalue weighted by molar-refractivity contribution is 5.95. The van der Waals surface area contributed by atoms with Crippen LogP contribution >= 0.6 is 0 Å². The van der Waals surface area contributed by atoms with Gasteiger partial charge in [-0.15, -0.1) is 0 Å². The Morgan fingerprint density at radius 2 is 1.83 bits per heavy atom. The lowest BCUT2D eigenvalue weighted by Gasteiger charge is -2.11. The van der Waals surface area contributed by atoms with Gasteiger partial charge in [-0.25, -0.2) is 0 Å². The predicted molar refractivity (Wildman–Crippen MR) is 115 cm³/mol. The molecule has 1 aromatic heterocycles. The summed E-state index contributed by atoms with van der Waals surface area (Å²) in [6, 6.07) is 16.0. The maximum atomic E-state index is 12.5. The van der Waals surface area contributed by atoms with Crippen molar-refractivity contribution in [1.82, 2.24) is 10.3 Å². The normalized spacial score (nSPS) is 14.6. The maximum Gasteiger partial charge on any atom is 0.251 e. The van der Waals surface area contributed by atoms with Gasteiger partial charge in [0.2, 0.25) is 5.56 Å². The van der Waals surface area contributed by atoms with Crippen LogP contribution in [0.4, 0.5) is 0 Å². The van der Waals surface area contributed by atoms with E-state index in [1.165, 1.54) is 6.07 Å². The largest absolute Gasteiger partial charge is 0.493 e. The third-order valence-electron chi connectivity index (χ3n) is 5.24. The lowest BCUT2D eigenvalue weighted by atomic mass is 9.96. The van der Waals surface area contributed by atoms with E-state index < -0.39 is 0 Å². The van der Waals surface area contributed by atoms with Crippen molar-refractivity contribution in [2.45, 2.75) is 12.3 Å². The van der Waals surface area contributed by atoms with Crippen molar-refractivity contribution in [1.29, 1.82) is 5.41 Å². The van der Waals surface area contributed by atoms with Crippen LogP contribution in [-0.4, -0.2) is 29.9 Å². The molecule has 0 bridgehead atoms. The molecule has 0 fully saturated rings. The highest BCUT2D eigenvalue weighted by Gasteiger charge is 2.24. The number of rotatable bonds is 6. The van der Waals surface area contributed by atoms with Crippen molar-refractivity contribution in [3.05, 3.63) is 87.8 Å². The molecule has 1 aliphatic heterocycles. The molecular weight excluding hydrogens is 380 g/mol. The SMILES string of the molecule is N=C(N)c1ccc2c(c1)C(CCNC(=O)c1ccc(-c3ccc(=O)[nH]c3)cc1)CO2. The van der Waals surface area contributed by atoms with Crippen molar-refractivity contribution in [2.75, 3.05) is 13.2 Å². The van der Waals surface area contributed by atoms with E-state index in [4.69, 9.17) is 15.9 Å². The van der Waals surface area contributed by atoms with E-state index in [1.807, 2.05) is 24.3 Å². The number of amides is 1. The molecule has 5 N–H and O–H groups in total. The first-order valence-corrected chi connectivity index (χ1v) is 9.70. The highest BCUT2D eigenvalue weighted by atomic mass is 16.5. The standard InChI is InChI=1S/C23H22N4O3/c24-22(25)16-5-7-20-19(11-16)18(13-30-20)9-10-26-23(29)15-3-1-14(2-4-15)17-6-8-21(28)27-12-17/h1-8,11-12,18H,9-10,13H2,(H3,24,25)(H,26,29)(H,27,28). The molecular formula is C23H22N4O3. The second-order valence-electron chi connectivity index (χ2n) is 7.24. The van der Waals surface area contributed by atoms with Gasteiger partial charge in [0.25, 0.3) is 5.91 Å². The van der Waals surface area contributed by atoms with E-state index >= 15 is 0 Å². The number of aromatic nitrogens is 1. The summed E-state index contributed by atoms with van der Waals surface area (Å²) in [4.78, 5) is 26.3. The molecule has 3 aromatic rings. The Labute approximate surface area is 173 Å². The van der Waals surface area contributed by atoms with Gasteiger partial charge in [0.05, 0.1) is 6.61 Å². The van der Waals surface area contributed by atoms with Crippen molar-refractivity contribution in [2.24, 2.45) is 5.73 Å². The molecule has 7 heteroatoms. The summed E-state index contributed by atoms with van der Waals surface area (Å²) in [5.41, 5.74) is 9.51. The number of ether oxygens (including phenoxy) is 1. The Kier molecular flexibility index (Phi) is 5.34. The quantitative estimate of drug-likeness (QED) is 0.374. The van der Waals surface area contributed by atoms with Crippen LogP contribution in [0.1, 0.15) is 33.8 Å². The summed E-state index contributed by atoms with van der Waals surface area (Å²) < 4.78 is 5.70. The second kappa shape index (κ2) is 8.24. The zero-order valence-electron chi connectivity index (χ0n) is 16.3. The number of hydrogen-bond donors (Lipinski definition) is 4. The minimum Gasteiger partial charge on any atom is -0.493 e. The van der Waals surface area contributed by atoms with Crippen LogP contribution in [0.2, 0.25) is 0 Å². The fourth-order valence-corrected chi connectivity index (χ4v) is 3.55. The number of nitrogen functional groups attached to an aromatic ring is 1. The van der Waals surface area contributed by atoms with Crippen LogP contribution < -0.4 is 21.3 Å². The van der Waals surface area contributed by atoms with Crippen molar-refractivity contribution in [3.63, 3.8) is 0 Å². The molecule has 152 valence electrons. The molecule has 0 radical (unpaired) electrons. The number of carbonyl (C=O) groups excluding carboxylic acids is 1. The lowest BCUT2D eigenvalue weighted by Crippen LogP contribution is -2.25. The molecule has 1 amide bonds. The number of nitrogens with two attached hydrogens (primary N) is 1. The summed E-state index contributed by atoms with van der Waals surface area (Å²) in [5.74, 6) is 0.859. The average molecular weight is 402 g/mol. The molecule has 1 unspecified atom stereocenters. The van der Waals surface area contributed by atoms with Gasteiger partial charge in [-0.05, 0) is 53.9 Å².